The third-order valence-electron chi connectivity index (χ3n) is 9.23. The van der Waals surface area contributed by atoms with Crippen molar-refractivity contribution in [3.8, 4) is 11.5 Å². The number of carbonyl (C=O) groups is 2. The van der Waals surface area contributed by atoms with E-state index in [1.807, 2.05) is 67.6 Å². The van der Waals surface area contributed by atoms with E-state index < -0.39 is 34.3 Å². The molecular formula is C42H42FN3O5S. The Hall–Kier alpha value is -5.48. The summed E-state index contributed by atoms with van der Waals surface area (Å²) in [5.41, 5.74) is 2.55. The van der Waals surface area contributed by atoms with Crippen molar-refractivity contribution in [3.05, 3.63) is 156 Å². The Morgan fingerprint density at radius 3 is 2.00 bits per heavy atom. The number of carbonyl (C=O) groups excluding carboxylic acids is 2. The standard InChI is InChI=1S/C42H42FN3O5S/c1-31-16-26-39(27-17-31)52(49,50)46(36-22-24-38(25-23-36)51-37-14-6-3-7-15-37)30-41(47)45(29-33-18-20-34(43)21-19-33)40(28-32-10-4-2-5-11-32)42(48)44-35-12-8-9-13-35/h2-7,10-11,14-27,35,40H,8-9,12-13,28-30H2,1H3,(H,44,48)/t40-/m0/s1. The van der Waals surface area contributed by atoms with Crippen molar-refractivity contribution >= 4 is 27.5 Å². The van der Waals surface area contributed by atoms with Crippen LogP contribution in [0.1, 0.15) is 42.4 Å². The Balaban J connectivity index is 1.38. The molecule has 5 aromatic carbocycles. The maximum absolute atomic E-state index is 14.8. The normalized spacial score (nSPS) is 13.7. The Labute approximate surface area is 304 Å². The molecule has 0 heterocycles. The molecule has 1 N–H and O–H groups in total. The lowest BCUT2D eigenvalue weighted by atomic mass is 10.0. The van der Waals surface area contributed by atoms with Crippen LogP contribution in [0.15, 0.2) is 138 Å². The molecule has 0 unspecified atom stereocenters. The number of amides is 2. The monoisotopic (exact) mass is 719 g/mol. The zero-order valence-electron chi connectivity index (χ0n) is 29.0. The van der Waals surface area contributed by atoms with Crippen LogP contribution in [0.3, 0.4) is 0 Å². The maximum Gasteiger partial charge on any atom is 0.264 e. The van der Waals surface area contributed by atoms with Gasteiger partial charge in [0.05, 0.1) is 10.6 Å². The first-order valence-electron chi connectivity index (χ1n) is 17.5. The number of benzene rings is 5. The molecule has 10 heteroatoms. The van der Waals surface area contributed by atoms with Gasteiger partial charge in [0.25, 0.3) is 10.0 Å². The Morgan fingerprint density at radius 2 is 1.37 bits per heavy atom. The summed E-state index contributed by atoms with van der Waals surface area (Å²) in [6.45, 7) is 1.22. The molecule has 0 aliphatic heterocycles. The molecule has 1 saturated carbocycles. The number of nitrogens with one attached hydrogen (secondary N) is 1. The fourth-order valence-corrected chi connectivity index (χ4v) is 7.79. The van der Waals surface area contributed by atoms with Crippen LogP contribution in [0, 0.1) is 12.7 Å². The summed E-state index contributed by atoms with van der Waals surface area (Å²) in [5.74, 6) is -0.241. The third-order valence-corrected chi connectivity index (χ3v) is 11.0. The zero-order chi connectivity index (χ0) is 36.5. The van der Waals surface area contributed by atoms with Crippen molar-refractivity contribution in [2.75, 3.05) is 10.8 Å². The van der Waals surface area contributed by atoms with Crippen molar-refractivity contribution in [1.29, 1.82) is 0 Å². The molecule has 1 atom stereocenters. The SMILES string of the molecule is Cc1ccc(S(=O)(=O)N(CC(=O)N(Cc2ccc(F)cc2)[C@@H](Cc2ccccc2)C(=O)NC2CCCC2)c2ccc(Oc3ccccc3)cc2)cc1. The molecule has 2 amide bonds. The number of anilines is 1. The number of rotatable bonds is 14. The van der Waals surface area contributed by atoms with Crippen LogP contribution in [0.25, 0.3) is 0 Å². The highest BCUT2D eigenvalue weighted by molar-refractivity contribution is 7.92. The van der Waals surface area contributed by atoms with Gasteiger partial charge < -0.3 is 15.0 Å². The van der Waals surface area contributed by atoms with E-state index in [1.165, 1.54) is 29.2 Å². The number of hydrogen-bond donors (Lipinski definition) is 1. The minimum absolute atomic E-state index is 0.0106. The van der Waals surface area contributed by atoms with Crippen molar-refractivity contribution in [3.63, 3.8) is 0 Å². The van der Waals surface area contributed by atoms with Crippen LogP contribution in [-0.4, -0.2) is 43.8 Å². The van der Waals surface area contributed by atoms with Crippen LogP contribution >= 0.6 is 0 Å². The summed E-state index contributed by atoms with van der Waals surface area (Å²) >= 11 is 0. The van der Waals surface area contributed by atoms with Crippen molar-refractivity contribution in [1.82, 2.24) is 10.2 Å². The second-order valence-electron chi connectivity index (χ2n) is 13.1. The van der Waals surface area contributed by atoms with Crippen LogP contribution in [-0.2, 0) is 32.6 Å². The van der Waals surface area contributed by atoms with Crippen LogP contribution in [0.4, 0.5) is 10.1 Å². The quantitative estimate of drug-likeness (QED) is 0.126. The summed E-state index contributed by atoms with van der Waals surface area (Å²) in [7, 11) is -4.28. The Morgan fingerprint density at radius 1 is 0.769 bits per heavy atom. The van der Waals surface area contributed by atoms with Crippen LogP contribution < -0.4 is 14.4 Å². The zero-order valence-corrected chi connectivity index (χ0v) is 29.8. The average Bonchev–Trinajstić information content (AvgIpc) is 3.67. The van der Waals surface area contributed by atoms with Crippen molar-refractivity contribution in [2.24, 2.45) is 0 Å². The summed E-state index contributed by atoms with van der Waals surface area (Å²) in [5, 5.41) is 3.16. The third kappa shape index (κ3) is 9.24. The largest absolute Gasteiger partial charge is 0.457 e. The van der Waals surface area contributed by atoms with Crippen molar-refractivity contribution in [2.45, 2.75) is 62.6 Å². The molecule has 0 bridgehead atoms. The number of aryl methyl sites for hydroxylation is 1. The van der Waals surface area contributed by atoms with Gasteiger partial charge in [-0.15, -0.1) is 0 Å². The maximum atomic E-state index is 14.8. The fourth-order valence-electron chi connectivity index (χ4n) is 6.38. The van der Waals surface area contributed by atoms with Gasteiger partial charge in [0, 0.05) is 19.0 Å². The molecule has 5 aromatic rings. The number of halogens is 1. The number of sulfonamides is 1. The first-order chi connectivity index (χ1) is 25.2. The fraction of sp³-hybridized carbons (Fsp3) is 0.238. The van der Waals surface area contributed by atoms with Gasteiger partial charge in [-0.1, -0.05) is 91.2 Å². The van der Waals surface area contributed by atoms with E-state index in [9.17, 15) is 22.4 Å². The molecule has 6 rings (SSSR count). The molecule has 52 heavy (non-hydrogen) atoms. The molecule has 8 nitrogen and oxygen atoms in total. The smallest absolute Gasteiger partial charge is 0.264 e. The highest BCUT2D eigenvalue weighted by Crippen LogP contribution is 2.29. The highest BCUT2D eigenvalue weighted by atomic mass is 32.2. The molecule has 1 fully saturated rings. The Kier molecular flexibility index (Phi) is 11.7. The van der Waals surface area contributed by atoms with Gasteiger partial charge in [0.15, 0.2) is 0 Å². The molecule has 0 spiro atoms. The highest BCUT2D eigenvalue weighted by Gasteiger charge is 2.35. The second-order valence-corrected chi connectivity index (χ2v) is 14.9. The lowest BCUT2D eigenvalue weighted by Gasteiger charge is -2.34. The minimum atomic E-state index is -4.28. The van der Waals surface area contributed by atoms with Crippen molar-refractivity contribution < 1.29 is 27.1 Å². The predicted molar refractivity (Wildman–Crippen MR) is 200 cm³/mol. The van der Waals surface area contributed by atoms with E-state index in [-0.39, 0.29) is 35.5 Å². The lowest BCUT2D eigenvalue weighted by Crippen LogP contribution is -2.54. The predicted octanol–water partition coefficient (Wildman–Crippen LogP) is 7.82. The first kappa shape index (κ1) is 36.3. The van der Waals surface area contributed by atoms with E-state index in [4.69, 9.17) is 4.74 Å². The van der Waals surface area contributed by atoms with Gasteiger partial charge in [-0.2, -0.15) is 0 Å². The van der Waals surface area contributed by atoms with E-state index in [2.05, 4.69) is 5.32 Å². The first-order valence-corrected chi connectivity index (χ1v) is 18.9. The molecule has 0 radical (unpaired) electrons. The number of para-hydroxylation sites is 1. The summed E-state index contributed by atoms with van der Waals surface area (Å²) < 4.78 is 49.8. The molecule has 268 valence electrons. The van der Waals surface area contributed by atoms with E-state index >= 15 is 0 Å². The summed E-state index contributed by atoms with van der Waals surface area (Å²) in [4.78, 5) is 30.4. The molecule has 0 saturated heterocycles. The molecule has 1 aliphatic rings. The average molecular weight is 720 g/mol. The summed E-state index contributed by atoms with van der Waals surface area (Å²) in [6, 6.07) is 36.3. The second kappa shape index (κ2) is 16.7. The number of nitrogens with zero attached hydrogens (tertiary/aromatic N) is 2. The van der Waals surface area contributed by atoms with Gasteiger partial charge in [-0.3, -0.25) is 13.9 Å². The van der Waals surface area contributed by atoms with Gasteiger partial charge >= 0.3 is 0 Å². The van der Waals surface area contributed by atoms with Gasteiger partial charge in [0.2, 0.25) is 11.8 Å². The topological polar surface area (TPSA) is 96.0 Å². The van der Waals surface area contributed by atoms with Crippen LogP contribution in [0.5, 0.6) is 11.5 Å². The molecule has 1 aliphatic carbocycles. The lowest BCUT2D eigenvalue weighted by molar-refractivity contribution is -0.140. The molecular weight excluding hydrogens is 678 g/mol. The summed E-state index contributed by atoms with van der Waals surface area (Å²) in [6.07, 6.45) is 3.91. The van der Waals surface area contributed by atoms with E-state index in [1.54, 1.807) is 48.5 Å². The van der Waals surface area contributed by atoms with E-state index in [0.29, 0.717) is 17.1 Å². The minimum Gasteiger partial charge on any atom is -0.457 e. The van der Waals surface area contributed by atoms with Gasteiger partial charge in [-0.25, -0.2) is 12.8 Å². The Bertz CT molecular complexity index is 2040. The van der Waals surface area contributed by atoms with E-state index in [0.717, 1.165) is 41.1 Å². The number of hydrogen-bond acceptors (Lipinski definition) is 5. The molecule has 0 aromatic heterocycles. The van der Waals surface area contributed by atoms with Gasteiger partial charge in [-0.05, 0) is 91.6 Å². The van der Waals surface area contributed by atoms with Gasteiger partial charge in [0.1, 0.15) is 29.9 Å². The van der Waals surface area contributed by atoms with Crippen LogP contribution in [0.2, 0.25) is 0 Å². The number of ether oxygens (including phenoxy) is 1.